The van der Waals surface area contributed by atoms with Crippen molar-refractivity contribution < 1.29 is 14.0 Å². The summed E-state index contributed by atoms with van der Waals surface area (Å²) in [5.41, 5.74) is 0.231. The van der Waals surface area contributed by atoms with E-state index >= 15 is 0 Å². The molecular weight excluding hydrogens is 287 g/mol. The summed E-state index contributed by atoms with van der Waals surface area (Å²) in [6, 6.07) is 4.47. The van der Waals surface area contributed by atoms with Crippen molar-refractivity contribution in [3.05, 3.63) is 48.2 Å². The first-order valence-corrected chi connectivity index (χ1v) is 6.65. The maximum Gasteiger partial charge on any atom is 0.258 e. The van der Waals surface area contributed by atoms with Crippen molar-refractivity contribution in [2.45, 2.75) is 13.8 Å². The number of hydrogen-bond donors (Lipinski definition) is 2. The molecule has 0 aliphatic carbocycles. The molecule has 0 saturated heterocycles. The van der Waals surface area contributed by atoms with Crippen LogP contribution in [0.15, 0.2) is 36.8 Å². The molecule has 0 radical (unpaired) electrons. The Morgan fingerprint density at radius 1 is 1.23 bits per heavy atom. The molecule has 0 saturated carbocycles. The number of aromatic nitrogens is 2. The van der Waals surface area contributed by atoms with E-state index in [1.54, 1.807) is 32.2 Å². The van der Waals surface area contributed by atoms with Crippen LogP contribution in [0.4, 0.5) is 15.9 Å². The molecule has 6 nitrogen and oxygen atoms in total. The number of pyridine rings is 2. The molecule has 0 spiro atoms. The van der Waals surface area contributed by atoms with Crippen LogP contribution < -0.4 is 10.6 Å². The number of halogens is 1. The van der Waals surface area contributed by atoms with Crippen molar-refractivity contribution in [2.75, 3.05) is 10.6 Å². The number of rotatable bonds is 4. The third-order valence-corrected chi connectivity index (χ3v) is 2.80. The third kappa shape index (κ3) is 3.85. The Kier molecular flexibility index (Phi) is 4.77. The van der Waals surface area contributed by atoms with E-state index < -0.39 is 11.7 Å². The molecule has 2 heterocycles. The topological polar surface area (TPSA) is 84.0 Å². The normalized spacial score (nSPS) is 10.4. The van der Waals surface area contributed by atoms with E-state index in [2.05, 4.69) is 20.6 Å². The number of amides is 2. The van der Waals surface area contributed by atoms with Gasteiger partial charge < -0.3 is 10.6 Å². The van der Waals surface area contributed by atoms with Gasteiger partial charge >= 0.3 is 0 Å². The number of nitrogens with zero attached hydrogens (tertiary/aromatic N) is 2. The Morgan fingerprint density at radius 2 is 2.00 bits per heavy atom. The van der Waals surface area contributed by atoms with Gasteiger partial charge in [-0.1, -0.05) is 13.8 Å². The highest BCUT2D eigenvalue weighted by atomic mass is 19.1. The fourth-order valence-electron chi connectivity index (χ4n) is 1.59. The largest absolute Gasteiger partial charge is 0.320 e. The zero-order valence-electron chi connectivity index (χ0n) is 12.1. The van der Waals surface area contributed by atoms with Crippen molar-refractivity contribution in [1.29, 1.82) is 0 Å². The molecule has 0 bridgehead atoms. The minimum atomic E-state index is -0.774. The van der Waals surface area contributed by atoms with Crippen LogP contribution in [0.1, 0.15) is 24.2 Å². The second-order valence-electron chi connectivity index (χ2n) is 4.89. The maximum atomic E-state index is 13.8. The zero-order valence-corrected chi connectivity index (χ0v) is 12.1. The first-order chi connectivity index (χ1) is 10.5. The number of carbonyl (C=O) groups is 2. The van der Waals surface area contributed by atoms with Gasteiger partial charge in [-0.3, -0.25) is 14.6 Å². The lowest BCUT2D eigenvalue weighted by Crippen LogP contribution is -2.20. The second kappa shape index (κ2) is 6.75. The Hall–Kier alpha value is -2.83. The number of anilines is 2. The van der Waals surface area contributed by atoms with Gasteiger partial charge in [-0.2, -0.15) is 0 Å². The molecular formula is C15H15FN4O2. The predicted octanol–water partition coefficient (Wildman–Crippen LogP) is 2.46. The van der Waals surface area contributed by atoms with E-state index in [4.69, 9.17) is 0 Å². The molecule has 0 aliphatic heterocycles. The van der Waals surface area contributed by atoms with Crippen LogP contribution in [0.2, 0.25) is 0 Å². The van der Waals surface area contributed by atoms with Crippen molar-refractivity contribution >= 4 is 23.3 Å². The quantitative estimate of drug-likeness (QED) is 0.908. The predicted molar refractivity (Wildman–Crippen MR) is 79.9 cm³/mol. The van der Waals surface area contributed by atoms with Gasteiger partial charge in [0.15, 0.2) is 5.82 Å². The minimum absolute atomic E-state index is 0.122. The molecule has 2 aromatic rings. The lowest BCUT2D eigenvalue weighted by molar-refractivity contribution is -0.118. The standard InChI is InChI=1S/C15H15FN4O2/c1-9(2)14(21)20-13-6-11(12(16)8-18-13)15(22)19-10-4-3-5-17-7-10/h3-9H,1-2H3,(H,19,22)(H,18,20,21). The molecule has 114 valence electrons. The van der Waals surface area contributed by atoms with Crippen molar-refractivity contribution in [1.82, 2.24) is 9.97 Å². The van der Waals surface area contributed by atoms with E-state index in [1.165, 1.54) is 12.3 Å². The molecule has 0 aromatic carbocycles. The van der Waals surface area contributed by atoms with E-state index in [1.807, 2.05) is 0 Å². The average Bonchev–Trinajstić information content (AvgIpc) is 2.50. The summed E-state index contributed by atoms with van der Waals surface area (Å²) in [7, 11) is 0. The monoisotopic (exact) mass is 302 g/mol. The molecule has 2 aromatic heterocycles. The molecule has 0 aliphatic rings. The van der Waals surface area contributed by atoms with Crippen LogP contribution in [0.3, 0.4) is 0 Å². The molecule has 7 heteroatoms. The van der Waals surface area contributed by atoms with E-state index in [-0.39, 0.29) is 23.2 Å². The van der Waals surface area contributed by atoms with E-state index in [0.717, 1.165) is 6.20 Å². The van der Waals surface area contributed by atoms with Crippen LogP contribution in [0.25, 0.3) is 0 Å². The zero-order chi connectivity index (χ0) is 16.1. The molecule has 22 heavy (non-hydrogen) atoms. The number of hydrogen-bond acceptors (Lipinski definition) is 4. The Balaban J connectivity index is 2.19. The van der Waals surface area contributed by atoms with Crippen molar-refractivity contribution in [3.8, 4) is 0 Å². The molecule has 2 amide bonds. The van der Waals surface area contributed by atoms with Gasteiger partial charge in [0, 0.05) is 12.1 Å². The molecule has 0 unspecified atom stereocenters. The first-order valence-electron chi connectivity index (χ1n) is 6.65. The van der Waals surface area contributed by atoms with Crippen molar-refractivity contribution in [2.24, 2.45) is 5.92 Å². The SMILES string of the molecule is CC(C)C(=O)Nc1cc(C(=O)Nc2cccnc2)c(F)cn1. The third-order valence-electron chi connectivity index (χ3n) is 2.80. The summed E-state index contributed by atoms with van der Waals surface area (Å²) in [6.45, 7) is 3.43. The fourth-order valence-corrected chi connectivity index (χ4v) is 1.59. The highest BCUT2D eigenvalue weighted by Gasteiger charge is 2.15. The maximum absolute atomic E-state index is 13.8. The highest BCUT2D eigenvalue weighted by molar-refractivity contribution is 6.05. The second-order valence-corrected chi connectivity index (χ2v) is 4.89. The minimum Gasteiger partial charge on any atom is -0.320 e. The van der Waals surface area contributed by atoms with Crippen LogP contribution >= 0.6 is 0 Å². The lowest BCUT2D eigenvalue weighted by Gasteiger charge is -2.09. The smallest absolute Gasteiger partial charge is 0.258 e. The first kappa shape index (κ1) is 15.6. The van der Waals surface area contributed by atoms with Crippen molar-refractivity contribution in [3.63, 3.8) is 0 Å². The molecule has 2 N–H and O–H groups in total. The molecule has 2 rings (SSSR count). The van der Waals surface area contributed by atoms with E-state index in [0.29, 0.717) is 5.69 Å². The summed E-state index contributed by atoms with van der Waals surface area (Å²) in [5.74, 6) is -1.81. The van der Waals surface area contributed by atoms with E-state index in [9.17, 15) is 14.0 Å². The summed E-state index contributed by atoms with van der Waals surface area (Å²) >= 11 is 0. The molecule has 0 fully saturated rings. The highest BCUT2D eigenvalue weighted by Crippen LogP contribution is 2.15. The molecule has 0 atom stereocenters. The van der Waals surface area contributed by atoms with Crippen LogP contribution in [-0.2, 0) is 4.79 Å². The van der Waals surface area contributed by atoms with Crippen LogP contribution in [0.5, 0.6) is 0 Å². The van der Waals surface area contributed by atoms with Gasteiger partial charge in [-0.05, 0) is 18.2 Å². The summed E-state index contributed by atoms with van der Waals surface area (Å²) in [6.07, 6.45) is 3.90. The number of carbonyl (C=O) groups excluding carboxylic acids is 2. The Morgan fingerprint density at radius 3 is 2.64 bits per heavy atom. The van der Waals surface area contributed by atoms with Gasteiger partial charge in [0.2, 0.25) is 5.91 Å². The van der Waals surface area contributed by atoms with Gasteiger partial charge in [-0.15, -0.1) is 0 Å². The van der Waals surface area contributed by atoms with Gasteiger partial charge in [0.25, 0.3) is 5.91 Å². The van der Waals surface area contributed by atoms with Gasteiger partial charge in [0.05, 0.1) is 23.6 Å². The summed E-state index contributed by atoms with van der Waals surface area (Å²) in [4.78, 5) is 31.3. The average molecular weight is 302 g/mol. The fraction of sp³-hybridized carbons (Fsp3) is 0.200. The summed E-state index contributed by atoms with van der Waals surface area (Å²) < 4.78 is 13.8. The Labute approximate surface area is 126 Å². The Bertz CT molecular complexity index is 689. The summed E-state index contributed by atoms with van der Waals surface area (Å²) in [5, 5.41) is 5.04. The van der Waals surface area contributed by atoms with Gasteiger partial charge in [-0.25, -0.2) is 9.37 Å². The van der Waals surface area contributed by atoms with Crippen LogP contribution in [0, 0.1) is 11.7 Å². The number of nitrogens with one attached hydrogen (secondary N) is 2. The van der Waals surface area contributed by atoms with Crippen LogP contribution in [-0.4, -0.2) is 21.8 Å². The van der Waals surface area contributed by atoms with Gasteiger partial charge in [0.1, 0.15) is 5.82 Å². The lowest BCUT2D eigenvalue weighted by atomic mass is 10.2.